The number of nitrogens with zero attached hydrogens (tertiary/aromatic N) is 2. The first-order chi connectivity index (χ1) is 8.88. The van der Waals surface area contributed by atoms with E-state index in [1.165, 1.54) is 25.7 Å². The van der Waals surface area contributed by atoms with Gasteiger partial charge >= 0.3 is 6.01 Å². The normalized spacial score (nSPS) is 16.3. The first-order valence-corrected chi connectivity index (χ1v) is 6.64. The summed E-state index contributed by atoms with van der Waals surface area (Å²) in [4.78, 5) is 0. The van der Waals surface area contributed by atoms with Gasteiger partial charge in [0.05, 0.1) is 13.2 Å². The zero-order chi connectivity index (χ0) is 12.6. The molecule has 1 saturated carbocycles. The summed E-state index contributed by atoms with van der Waals surface area (Å²) in [5.41, 5.74) is 0. The largest absolute Gasteiger partial charge is 0.407 e. The molecule has 1 fully saturated rings. The second kappa shape index (κ2) is 7.33. The number of hydrogen-bond acceptors (Lipinski definition) is 6. The number of methoxy groups -OCH3 is 1. The maximum Gasteiger partial charge on any atom is 0.315 e. The molecular formula is C12H22N4O2. The topological polar surface area (TPSA) is 72.2 Å². The van der Waals surface area contributed by atoms with E-state index >= 15 is 0 Å². The van der Waals surface area contributed by atoms with Gasteiger partial charge in [-0.1, -0.05) is 17.9 Å². The molecule has 6 heteroatoms. The van der Waals surface area contributed by atoms with E-state index in [-0.39, 0.29) is 0 Å². The van der Waals surface area contributed by atoms with E-state index in [2.05, 4.69) is 20.8 Å². The van der Waals surface area contributed by atoms with Gasteiger partial charge in [-0.15, -0.1) is 5.10 Å². The summed E-state index contributed by atoms with van der Waals surface area (Å²) in [7, 11) is 1.68. The lowest BCUT2D eigenvalue weighted by atomic mass is 10.1. The number of nitrogens with one attached hydrogen (secondary N) is 2. The highest BCUT2D eigenvalue weighted by Crippen LogP contribution is 2.24. The SMILES string of the molecule is COCCNCc1nnc(NCC2CCCC2)o1. The van der Waals surface area contributed by atoms with Crippen LogP contribution in [-0.2, 0) is 11.3 Å². The fourth-order valence-corrected chi connectivity index (χ4v) is 2.21. The molecule has 102 valence electrons. The molecule has 0 radical (unpaired) electrons. The van der Waals surface area contributed by atoms with Crippen molar-refractivity contribution in [2.24, 2.45) is 5.92 Å². The van der Waals surface area contributed by atoms with Gasteiger partial charge in [-0.25, -0.2) is 0 Å². The van der Waals surface area contributed by atoms with Gasteiger partial charge in [0.2, 0.25) is 5.89 Å². The predicted molar refractivity (Wildman–Crippen MR) is 68.3 cm³/mol. The molecule has 1 aliphatic rings. The van der Waals surface area contributed by atoms with Gasteiger partial charge in [0.25, 0.3) is 0 Å². The Morgan fingerprint density at radius 3 is 2.94 bits per heavy atom. The van der Waals surface area contributed by atoms with Gasteiger partial charge in [-0.05, 0) is 18.8 Å². The molecule has 1 heterocycles. The van der Waals surface area contributed by atoms with Crippen LogP contribution in [-0.4, -0.2) is 37.0 Å². The fraction of sp³-hybridized carbons (Fsp3) is 0.833. The van der Waals surface area contributed by atoms with Crippen LogP contribution in [0.3, 0.4) is 0 Å². The van der Waals surface area contributed by atoms with Crippen LogP contribution >= 0.6 is 0 Å². The third-order valence-corrected chi connectivity index (χ3v) is 3.24. The lowest BCUT2D eigenvalue weighted by Crippen LogP contribution is -2.18. The second-order valence-corrected chi connectivity index (χ2v) is 4.70. The quantitative estimate of drug-likeness (QED) is 0.683. The number of anilines is 1. The van der Waals surface area contributed by atoms with Crippen molar-refractivity contribution >= 4 is 6.01 Å². The minimum absolute atomic E-state index is 0.533. The van der Waals surface area contributed by atoms with Crippen molar-refractivity contribution in [3.05, 3.63) is 5.89 Å². The lowest BCUT2D eigenvalue weighted by Gasteiger charge is -2.07. The van der Waals surface area contributed by atoms with Gasteiger partial charge in [0.1, 0.15) is 0 Å². The predicted octanol–water partition coefficient (Wildman–Crippen LogP) is 1.41. The van der Waals surface area contributed by atoms with Crippen molar-refractivity contribution in [2.75, 3.05) is 32.1 Å². The Morgan fingerprint density at radius 1 is 1.33 bits per heavy atom. The van der Waals surface area contributed by atoms with E-state index in [1.54, 1.807) is 7.11 Å². The summed E-state index contributed by atoms with van der Waals surface area (Å²) >= 11 is 0. The molecule has 2 N–H and O–H groups in total. The summed E-state index contributed by atoms with van der Waals surface area (Å²) in [6, 6.07) is 0.533. The monoisotopic (exact) mass is 254 g/mol. The van der Waals surface area contributed by atoms with Gasteiger partial charge in [-0.2, -0.15) is 0 Å². The standard InChI is InChI=1S/C12H22N4O2/c1-17-7-6-13-9-11-15-16-12(18-11)14-8-10-4-2-3-5-10/h10,13H,2-9H2,1H3,(H,14,16). The molecular weight excluding hydrogens is 232 g/mol. The molecule has 1 aromatic heterocycles. The van der Waals surface area contributed by atoms with E-state index in [0.29, 0.717) is 25.1 Å². The molecule has 1 aromatic rings. The molecule has 18 heavy (non-hydrogen) atoms. The highest BCUT2D eigenvalue weighted by atomic mass is 16.5. The molecule has 1 aliphatic carbocycles. The van der Waals surface area contributed by atoms with Crippen molar-refractivity contribution in [1.82, 2.24) is 15.5 Å². The van der Waals surface area contributed by atoms with Gasteiger partial charge < -0.3 is 19.8 Å². The zero-order valence-corrected chi connectivity index (χ0v) is 10.9. The maximum atomic E-state index is 5.49. The second-order valence-electron chi connectivity index (χ2n) is 4.70. The van der Waals surface area contributed by atoms with Crippen LogP contribution < -0.4 is 10.6 Å². The maximum absolute atomic E-state index is 5.49. The van der Waals surface area contributed by atoms with E-state index in [9.17, 15) is 0 Å². The summed E-state index contributed by atoms with van der Waals surface area (Å²) in [5.74, 6) is 1.38. The number of ether oxygens (including phenoxy) is 1. The van der Waals surface area contributed by atoms with Gasteiger partial charge in [0, 0.05) is 20.2 Å². The Hall–Kier alpha value is -1.14. The van der Waals surface area contributed by atoms with E-state index < -0.39 is 0 Å². The smallest absolute Gasteiger partial charge is 0.315 e. The van der Waals surface area contributed by atoms with Crippen molar-refractivity contribution < 1.29 is 9.15 Å². The first kappa shape index (κ1) is 13.3. The van der Waals surface area contributed by atoms with Crippen molar-refractivity contribution in [3.8, 4) is 0 Å². The molecule has 0 bridgehead atoms. The highest BCUT2D eigenvalue weighted by molar-refractivity contribution is 5.16. The minimum atomic E-state index is 0.533. The van der Waals surface area contributed by atoms with Crippen LogP contribution in [0.25, 0.3) is 0 Å². The Kier molecular flexibility index (Phi) is 5.41. The number of aromatic nitrogens is 2. The van der Waals surface area contributed by atoms with Crippen LogP contribution in [0.1, 0.15) is 31.6 Å². The molecule has 0 aromatic carbocycles. The lowest BCUT2D eigenvalue weighted by molar-refractivity contribution is 0.198. The summed E-state index contributed by atoms with van der Waals surface area (Å²) in [6.45, 7) is 2.99. The Bertz CT molecular complexity index is 337. The molecule has 0 amide bonds. The van der Waals surface area contributed by atoms with Crippen molar-refractivity contribution in [2.45, 2.75) is 32.2 Å². The molecule has 0 saturated heterocycles. The summed E-state index contributed by atoms with van der Waals surface area (Å²) in [6.07, 6.45) is 5.33. The fourth-order valence-electron chi connectivity index (χ4n) is 2.21. The van der Waals surface area contributed by atoms with Crippen LogP contribution in [0, 0.1) is 5.92 Å². The molecule has 2 rings (SSSR count). The minimum Gasteiger partial charge on any atom is -0.407 e. The summed E-state index contributed by atoms with van der Waals surface area (Å²) in [5, 5.41) is 14.3. The molecule has 0 spiro atoms. The van der Waals surface area contributed by atoms with Gasteiger partial charge in [-0.3, -0.25) is 0 Å². The van der Waals surface area contributed by atoms with Crippen molar-refractivity contribution in [1.29, 1.82) is 0 Å². The highest BCUT2D eigenvalue weighted by Gasteiger charge is 2.15. The molecule has 0 aliphatic heterocycles. The number of hydrogen-bond donors (Lipinski definition) is 2. The molecule has 0 unspecified atom stereocenters. The molecule has 0 atom stereocenters. The first-order valence-electron chi connectivity index (χ1n) is 6.64. The van der Waals surface area contributed by atoms with Crippen LogP contribution in [0.2, 0.25) is 0 Å². The zero-order valence-electron chi connectivity index (χ0n) is 10.9. The van der Waals surface area contributed by atoms with E-state index in [0.717, 1.165) is 19.0 Å². The van der Waals surface area contributed by atoms with E-state index in [4.69, 9.17) is 9.15 Å². The van der Waals surface area contributed by atoms with Crippen LogP contribution in [0.15, 0.2) is 4.42 Å². The third kappa shape index (κ3) is 4.27. The van der Waals surface area contributed by atoms with Gasteiger partial charge in [0.15, 0.2) is 0 Å². The average Bonchev–Trinajstić information content (AvgIpc) is 3.03. The third-order valence-electron chi connectivity index (χ3n) is 3.24. The van der Waals surface area contributed by atoms with Crippen molar-refractivity contribution in [3.63, 3.8) is 0 Å². The Labute approximate surface area is 107 Å². The van der Waals surface area contributed by atoms with E-state index in [1.807, 2.05) is 0 Å². The van der Waals surface area contributed by atoms with Crippen LogP contribution in [0.5, 0.6) is 0 Å². The van der Waals surface area contributed by atoms with Crippen LogP contribution in [0.4, 0.5) is 6.01 Å². The summed E-state index contributed by atoms with van der Waals surface area (Å²) < 4.78 is 10.4. The Balaban J connectivity index is 1.65. The molecule has 6 nitrogen and oxygen atoms in total. The Morgan fingerprint density at radius 2 is 2.17 bits per heavy atom. The number of rotatable bonds is 8. The average molecular weight is 254 g/mol.